The van der Waals surface area contributed by atoms with Gasteiger partial charge >= 0.3 is 0 Å². The summed E-state index contributed by atoms with van der Waals surface area (Å²) in [6.45, 7) is 0. The lowest BCUT2D eigenvalue weighted by molar-refractivity contribution is 0.777. The Morgan fingerprint density at radius 1 is 0.833 bits per heavy atom. The number of benzene rings is 2. The van der Waals surface area contributed by atoms with Gasteiger partial charge in [-0.05, 0) is 35.5 Å². The van der Waals surface area contributed by atoms with Gasteiger partial charge in [-0.2, -0.15) is 0 Å². The molecule has 0 spiro atoms. The Kier molecular flexibility index (Phi) is 2.02. The van der Waals surface area contributed by atoms with E-state index in [4.69, 9.17) is 0 Å². The van der Waals surface area contributed by atoms with E-state index < -0.39 is 0 Å². The van der Waals surface area contributed by atoms with Crippen molar-refractivity contribution < 1.29 is 0 Å². The van der Waals surface area contributed by atoms with Crippen LogP contribution in [0.2, 0.25) is 0 Å². The number of fused-ring (bicyclic) bond motifs is 1. The largest absolute Gasteiger partial charge is 0.0698 e. The Bertz CT molecular complexity index is 594. The summed E-state index contributed by atoms with van der Waals surface area (Å²) in [4.78, 5) is 0. The second-order valence-electron chi connectivity index (χ2n) is 5.55. The van der Waals surface area contributed by atoms with Gasteiger partial charge in [0.25, 0.3) is 0 Å². The number of allylic oxidation sites excluding steroid dienone is 2. The van der Waals surface area contributed by atoms with Gasteiger partial charge in [0.05, 0.1) is 0 Å². The molecule has 2 aliphatic carbocycles. The molecular weight excluding hydrogens is 216 g/mol. The molecule has 0 aromatic heterocycles. The number of rotatable bonds is 2. The molecule has 0 amide bonds. The van der Waals surface area contributed by atoms with Crippen molar-refractivity contribution >= 4 is 5.57 Å². The summed E-state index contributed by atoms with van der Waals surface area (Å²) in [7, 11) is 0. The third-order valence-electron chi connectivity index (χ3n) is 4.51. The first-order valence-electron chi connectivity index (χ1n) is 6.71. The first-order chi connectivity index (χ1) is 8.88. The van der Waals surface area contributed by atoms with Crippen LogP contribution in [0.1, 0.15) is 24.0 Å². The van der Waals surface area contributed by atoms with Crippen LogP contribution < -0.4 is 0 Å². The van der Waals surface area contributed by atoms with Gasteiger partial charge in [-0.3, -0.25) is 0 Å². The summed E-state index contributed by atoms with van der Waals surface area (Å²) in [6, 6.07) is 21.8. The summed E-state index contributed by atoms with van der Waals surface area (Å²) in [5.41, 5.74) is 4.81. The molecule has 1 saturated carbocycles. The van der Waals surface area contributed by atoms with Crippen molar-refractivity contribution in [1.82, 2.24) is 0 Å². The Labute approximate surface area is 108 Å². The minimum Gasteiger partial charge on any atom is -0.0698 e. The lowest BCUT2D eigenvalue weighted by atomic mass is 9.95. The van der Waals surface area contributed by atoms with Crippen molar-refractivity contribution in [3.63, 3.8) is 0 Å². The molecule has 2 aromatic rings. The van der Waals surface area contributed by atoms with Gasteiger partial charge in [-0.1, -0.05) is 66.7 Å². The van der Waals surface area contributed by atoms with Gasteiger partial charge in [0.1, 0.15) is 0 Å². The highest BCUT2D eigenvalue weighted by molar-refractivity contribution is 5.73. The summed E-state index contributed by atoms with van der Waals surface area (Å²) in [5, 5.41) is 0. The number of hydrogen-bond acceptors (Lipinski definition) is 0. The normalized spacial score (nSPS) is 28.7. The van der Waals surface area contributed by atoms with E-state index in [2.05, 4.69) is 66.7 Å². The van der Waals surface area contributed by atoms with Crippen molar-refractivity contribution in [3.8, 4) is 0 Å². The van der Waals surface area contributed by atoms with Gasteiger partial charge in [-0.25, -0.2) is 0 Å². The molecule has 88 valence electrons. The average Bonchev–Trinajstić information content (AvgIpc) is 3.03. The molecule has 4 rings (SSSR count). The maximum absolute atomic E-state index is 2.53. The van der Waals surface area contributed by atoms with Gasteiger partial charge in [0, 0.05) is 5.41 Å². The first kappa shape index (κ1) is 10.1. The quantitative estimate of drug-likeness (QED) is 0.718. The van der Waals surface area contributed by atoms with Gasteiger partial charge in [0.15, 0.2) is 0 Å². The molecule has 0 nitrogen and oxygen atoms in total. The van der Waals surface area contributed by atoms with Gasteiger partial charge < -0.3 is 0 Å². The van der Waals surface area contributed by atoms with E-state index in [1.54, 1.807) is 0 Å². The fourth-order valence-corrected chi connectivity index (χ4v) is 3.45. The smallest absolute Gasteiger partial charge is 0.0173 e. The van der Waals surface area contributed by atoms with Crippen LogP contribution >= 0.6 is 0 Å². The average molecular weight is 232 g/mol. The molecule has 0 saturated heterocycles. The SMILES string of the molecule is C1=C(c2ccccc2)C[C@H]2C[C@]12c1ccccc1. The van der Waals surface area contributed by atoms with Crippen LogP contribution in [-0.4, -0.2) is 0 Å². The third-order valence-corrected chi connectivity index (χ3v) is 4.51. The Morgan fingerprint density at radius 3 is 2.22 bits per heavy atom. The first-order valence-corrected chi connectivity index (χ1v) is 6.71. The molecule has 0 bridgehead atoms. The maximum atomic E-state index is 2.53. The van der Waals surface area contributed by atoms with Gasteiger partial charge in [-0.15, -0.1) is 0 Å². The van der Waals surface area contributed by atoms with E-state index in [-0.39, 0.29) is 0 Å². The van der Waals surface area contributed by atoms with Crippen LogP contribution in [0.25, 0.3) is 5.57 Å². The van der Waals surface area contributed by atoms with Crippen LogP contribution in [0.3, 0.4) is 0 Å². The molecule has 1 fully saturated rings. The highest BCUT2D eigenvalue weighted by atomic mass is 14.6. The van der Waals surface area contributed by atoms with E-state index in [9.17, 15) is 0 Å². The predicted octanol–water partition coefficient (Wildman–Crippen LogP) is 4.43. The molecular formula is C18H16. The molecule has 18 heavy (non-hydrogen) atoms. The predicted molar refractivity (Wildman–Crippen MR) is 75.3 cm³/mol. The maximum Gasteiger partial charge on any atom is 0.0173 e. The molecule has 2 aromatic carbocycles. The summed E-state index contributed by atoms with van der Waals surface area (Å²) < 4.78 is 0. The fraction of sp³-hybridized carbons (Fsp3) is 0.222. The second kappa shape index (κ2) is 3.58. The Morgan fingerprint density at radius 2 is 1.50 bits per heavy atom. The van der Waals surface area contributed by atoms with Crippen LogP contribution in [0.4, 0.5) is 0 Å². The Hall–Kier alpha value is -1.82. The van der Waals surface area contributed by atoms with E-state index >= 15 is 0 Å². The van der Waals surface area contributed by atoms with Crippen LogP contribution in [0.5, 0.6) is 0 Å². The molecule has 2 atom stereocenters. The zero-order chi connectivity index (χ0) is 12.0. The second-order valence-corrected chi connectivity index (χ2v) is 5.55. The molecule has 0 unspecified atom stereocenters. The van der Waals surface area contributed by atoms with Crippen LogP contribution in [0.15, 0.2) is 66.7 Å². The number of hydrogen-bond donors (Lipinski definition) is 0. The van der Waals surface area contributed by atoms with E-state index in [1.165, 1.54) is 29.5 Å². The monoisotopic (exact) mass is 232 g/mol. The van der Waals surface area contributed by atoms with E-state index in [1.807, 2.05) is 0 Å². The molecule has 2 aliphatic rings. The topological polar surface area (TPSA) is 0 Å². The molecule has 0 heterocycles. The third kappa shape index (κ3) is 1.38. The van der Waals surface area contributed by atoms with Crippen molar-refractivity contribution in [2.24, 2.45) is 5.92 Å². The Balaban J connectivity index is 1.74. The fourth-order valence-electron chi connectivity index (χ4n) is 3.45. The minimum atomic E-state index is 0.367. The minimum absolute atomic E-state index is 0.367. The zero-order valence-corrected chi connectivity index (χ0v) is 10.3. The molecule has 0 radical (unpaired) electrons. The zero-order valence-electron chi connectivity index (χ0n) is 10.3. The van der Waals surface area contributed by atoms with Crippen molar-refractivity contribution in [1.29, 1.82) is 0 Å². The standard InChI is InChI=1S/C18H16/c1-3-7-14(8-4-1)15-11-17-13-18(17,12-15)16-9-5-2-6-10-16/h1-10,12,17H,11,13H2/t17-,18-/m0/s1. The van der Waals surface area contributed by atoms with Crippen LogP contribution in [0, 0.1) is 5.92 Å². The van der Waals surface area contributed by atoms with E-state index in [0.29, 0.717) is 5.41 Å². The van der Waals surface area contributed by atoms with Crippen LogP contribution in [-0.2, 0) is 5.41 Å². The molecule has 0 heteroatoms. The highest BCUT2D eigenvalue weighted by Crippen LogP contribution is 2.64. The van der Waals surface area contributed by atoms with Crippen molar-refractivity contribution in [2.75, 3.05) is 0 Å². The lowest BCUT2D eigenvalue weighted by Crippen LogP contribution is -2.02. The summed E-state index contributed by atoms with van der Waals surface area (Å²) in [6.07, 6.45) is 5.12. The molecule has 0 N–H and O–H groups in total. The molecule has 0 aliphatic heterocycles. The lowest BCUT2D eigenvalue weighted by Gasteiger charge is -2.09. The summed E-state index contributed by atoms with van der Waals surface area (Å²) in [5.74, 6) is 0.843. The van der Waals surface area contributed by atoms with Crippen molar-refractivity contribution in [3.05, 3.63) is 77.9 Å². The van der Waals surface area contributed by atoms with E-state index in [0.717, 1.165) is 5.92 Å². The summed E-state index contributed by atoms with van der Waals surface area (Å²) >= 11 is 0. The highest BCUT2D eigenvalue weighted by Gasteiger charge is 2.57. The van der Waals surface area contributed by atoms with Gasteiger partial charge in [0.2, 0.25) is 0 Å². The van der Waals surface area contributed by atoms with Crippen molar-refractivity contribution in [2.45, 2.75) is 18.3 Å².